The lowest BCUT2D eigenvalue weighted by molar-refractivity contribution is 0.144. The molecule has 92 valence electrons. The maximum atomic E-state index is 13.4. The van der Waals surface area contributed by atoms with Crippen LogP contribution in [0.1, 0.15) is 0 Å². The molecule has 4 nitrogen and oxygen atoms in total. The van der Waals surface area contributed by atoms with Gasteiger partial charge in [0.15, 0.2) is 11.6 Å². The summed E-state index contributed by atoms with van der Waals surface area (Å²) >= 11 is 3.14. The molecule has 1 aliphatic heterocycles. The quantitative estimate of drug-likeness (QED) is 0.863. The molecule has 6 heteroatoms. The third-order valence-corrected chi connectivity index (χ3v) is 2.96. The van der Waals surface area contributed by atoms with Crippen molar-refractivity contribution in [1.29, 1.82) is 0 Å². The van der Waals surface area contributed by atoms with E-state index in [2.05, 4.69) is 21.2 Å². The van der Waals surface area contributed by atoms with Crippen LogP contribution in [0, 0.1) is 5.82 Å². The second-order valence-corrected chi connectivity index (χ2v) is 4.60. The standard InChI is InChI=1S/C11H12BrFN2O2/c12-8-1-2-10(9(13)7-8)17-11(16)15-5-3-14-4-6-15/h1-2,7,14H,3-6H2. The van der Waals surface area contributed by atoms with Crippen LogP contribution >= 0.6 is 15.9 Å². The highest BCUT2D eigenvalue weighted by Gasteiger charge is 2.19. The first-order chi connectivity index (χ1) is 8.16. The molecular weight excluding hydrogens is 291 g/mol. The number of nitrogens with one attached hydrogen (secondary N) is 1. The Morgan fingerprint density at radius 1 is 1.41 bits per heavy atom. The van der Waals surface area contributed by atoms with Crippen molar-refractivity contribution in [1.82, 2.24) is 10.2 Å². The van der Waals surface area contributed by atoms with Crippen molar-refractivity contribution >= 4 is 22.0 Å². The zero-order valence-corrected chi connectivity index (χ0v) is 10.7. The summed E-state index contributed by atoms with van der Waals surface area (Å²) in [6.45, 7) is 2.63. The summed E-state index contributed by atoms with van der Waals surface area (Å²) in [5, 5.41) is 3.12. The van der Waals surface area contributed by atoms with Gasteiger partial charge in [-0.05, 0) is 18.2 Å². The van der Waals surface area contributed by atoms with Crippen molar-refractivity contribution in [2.75, 3.05) is 26.2 Å². The molecule has 1 saturated heterocycles. The van der Waals surface area contributed by atoms with E-state index in [0.29, 0.717) is 17.6 Å². The number of piperazine rings is 1. The fourth-order valence-electron chi connectivity index (χ4n) is 1.56. The van der Waals surface area contributed by atoms with E-state index in [-0.39, 0.29) is 5.75 Å². The van der Waals surface area contributed by atoms with Crippen molar-refractivity contribution in [2.24, 2.45) is 0 Å². The summed E-state index contributed by atoms with van der Waals surface area (Å²) in [5.74, 6) is -0.598. The Kier molecular flexibility index (Phi) is 3.96. The van der Waals surface area contributed by atoms with Crippen LogP contribution in [-0.2, 0) is 0 Å². The molecule has 1 aromatic rings. The number of halogens is 2. The minimum atomic E-state index is -0.553. The van der Waals surface area contributed by atoms with Crippen molar-refractivity contribution in [3.05, 3.63) is 28.5 Å². The van der Waals surface area contributed by atoms with Gasteiger partial charge in [-0.25, -0.2) is 9.18 Å². The highest BCUT2D eigenvalue weighted by atomic mass is 79.9. The van der Waals surface area contributed by atoms with Crippen molar-refractivity contribution in [3.63, 3.8) is 0 Å². The maximum Gasteiger partial charge on any atom is 0.415 e. The zero-order chi connectivity index (χ0) is 12.3. The van der Waals surface area contributed by atoms with Crippen LogP contribution in [0.3, 0.4) is 0 Å². The third kappa shape index (κ3) is 3.17. The minimum absolute atomic E-state index is 0.0447. The van der Waals surface area contributed by atoms with Crippen LogP contribution in [0.15, 0.2) is 22.7 Å². The van der Waals surface area contributed by atoms with Crippen LogP contribution in [-0.4, -0.2) is 37.2 Å². The Morgan fingerprint density at radius 2 is 2.12 bits per heavy atom. The van der Waals surface area contributed by atoms with E-state index < -0.39 is 11.9 Å². The predicted molar refractivity (Wildman–Crippen MR) is 64.6 cm³/mol. The molecule has 0 aromatic heterocycles. The number of carbonyl (C=O) groups is 1. The maximum absolute atomic E-state index is 13.4. The number of ether oxygens (including phenoxy) is 1. The summed E-state index contributed by atoms with van der Waals surface area (Å²) in [5.41, 5.74) is 0. The topological polar surface area (TPSA) is 41.6 Å². The van der Waals surface area contributed by atoms with Gasteiger partial charge in [0.1, 0.15) is 0 Å². The average Bonchev–Trinajstić information content (AvgIpc) is 2.34. The van der Waals surface area contributed by atoms with Gasteiger partial charge in [0.2, 0.25) is 0 Å². The largest absolute Gasteiger partial charge is 0.415 e. The Bertz CT molecular complexity index is 422. The van der Waals surface area contributed by atoms with Gasteiger partial charge >= 0.3 is 6.09 Å². The molecule has 2 rings (SSSR count). The average molecular weight is 303 g/mol. The molecule has 17 heavy (non-hydrogen) atoms. The normalized spacial score (nSPS) is 15.8. The third-order valence-electron chi connectivity index (χ3n) is 2.47. The van der Waals surface area contributed by atoms with Crippen LogP contribution in [0.4, 0.5) is 9.18 Å². The molecule has 0 saturated carbocycles. The Balaban J connectivity index is 2.02. The van der Waals surface area contributed by atoms with Gasteiger partial charge in [0, 0.05) is 30.7 Å². The number of nitrogens with zero attached hydrogens (tertiary/aromatic N) is 1. The van der Waals surface area contributed by atoms with Crippen molar-refractivity contribution in [3.8, 4) is 5.75 Å². The number of hydrogen-bond acceptors (Lipinski definition) is 3. The highest BCUT2D eigenvalue weighted by Crippen LogP contribution is 2.22. The smallest absolute Gasteiger partial charge is 0.407 e. The fraction of sp³-hybridized carbons (Fsp3) is 0.364. The van der Waals surface area contributed by atoms with E-state index >= 15 is 0 Å². The van der Waals surface area contributed by atoms with E-state index in [4.69, 9.17) is 4.74 Å². The van der Waals surface area contributed by atoms with E-state index in [1.165, 1.54) is 12.1 Å². The van der Waals surface area contributed by atoms with E-state index in [1.807, 2.05) is 0 Å². The summed E-state index contributed by atoms with van der Waals surface area (Å²) in [6.07, 6.45) is -0.507. The van der Waals surface area contributed by atoms with Crippen LogP contribution in [0.25, 0.3) is 0 Å². The molecule has 0 radical (unpaired) electrons. The van der Waals surface area contributed by atoms with E-state index in [0.717, 1.165) is 13.1 Å². The van der Waals surface area contributed by atoms with Crippen molar-refractivity contribution in [2.45, 2.75) is 0 Å². The first-order valence-electron chi connectivity index (χ1n) is 5.29. The first-order valence-corrected chi connectivity index (χ1v) is 6.08. The molecule has 1 heterocycles. The van der Waals surface area contributed by atoms with Crippen LogP contribution < -0.4 is 10.1 Å². The summed E-state index contributed by atoms with van der Waals surface area (Å²) in [6, 6.07) is 4.32. The van der Waals surface area contributed by atoms with Crippen LogP contribution in [0.5, 0.6) is 5.75 Å². The first kappa shape index (κ1) is 12.3. The molecule has 1 fully saturated rings. The summed E-state index contributed by atoms with van der Waals surface area (Å²) in [7, 11) is 0. The molecule has 0 spiro atoms. The Labute approximate surface area is 107 Å². The highest BCUT2D eigenvalue weighted by molar-refractivity contribution is 9.10. The molecular formula is C11H12BrFN2O2. The lowest BCUT2D eigenvalue weighted by Gasteiger charge is -2.26. The molecule has 0 aliphatic carbocycles. The Hall–Kier alpha value is -1.14. The molecule has 1 amide bonds. The van der Waals surface area contributed by atoms with Gasteiger partial charge in [0.25, 0.3) is 0 Å². The molecule has 1 N–H and O–H groups in total. The minimum Gasteiger partial charge on any atom is -0.407 e. The number of hydrogen-bond donors (Lipinski definition) is 1. The summed E-state index contributed by atoms with van der Waals surface area (Å²) in [4.78, 5) is 13.3. The molecule has 1 aromatic carbocycles. The second kappa shape index (κ2) is 5.46. The van der Waals surface area contributed by atoms with Gasteiger partial charge in [-0.2, -0.15) is 0 Å². The molecule has 1 aliphatic rings. The monoisotopic (exact) mass is 302 g/mol. The van der Waals surface area contributed by atoms with Crippen molar-refractivity contribution < 1.29 is 13.9 Å². The molecule has 0 atom stereocenters. The number of amides is 1. The van der Waals surface area contributed by atoms with Gasteiger partial charge in [-0.3, -0.25) is 0 Å². The lowest BCUT2D eigenvalue weighted by Crippen LogP contribution is -2.47. The second-order valence-electron chi connectivity index (χ2n) is 3.68. The zero-order valence-electron chi connectivity index (χ0n) is 9.08. The van der Waals surface area contributed by atoms with Gasteiger partial charge in [-0.15, -0.1) is 0 Å². The van der Waals surface area contributed by atoms with Gasteiger partial charge < -0.3 is 15.0 Å². The van der Waals surface area contributed by atoms with E-state index in [1.54, 1.807) is 11.0 Å². The van der Waals surface area contributed by atoms with Gasteiger partial charge in [-0.1, -0.05) is 15.9 Å². The number of carbonyl (C=O) groups excluding carboxylic acids is 1. The SMILES string of the molecule is O=C(Oc1ccc(Br)cc1F)N1CCNCC1. The van der Waals surface area contributed by atoms with Crippen LogP contribution in [0.2, 0.25) is 0 Å². The summed E-state index contributed by atoms with van der Waals surface area (Å²) < 4.78 is 19.1. The molecule has 0 unspecified atom stereocenters. The predicted octanol–water partition coefficient (Wildman–Crippen LogP) is 1.99. The fourth-order valence-corrected chi connectivity index (χ4v) is 1.90. The van der Waals surface area contributed by atoms with Gasteiger partial charge in [0.05, 0.1) is 0 Å². The Morgan fingerprint density at radius 3 is 2.76 bits per heavy atom. The van der Waals surface area contributed by atoms with E-state index in [9.17, 15) is 9.18 Å². The number of benzene rings is 1. The molecule has 0 bridgehead atoms. The number of rotatable bonds is 1. The lowest BCUT2D eigenvalue weighted by atomic mass is 10.3.